The second-order valence-electron chi connectivity index (χ2n) is 5.59. The molecule has 3 N–H and O–H groups in total. The van der Waals surface area contributed by atoms with Gasteiger partial charge in [-0.1, -0.05) is 36.4 Å². The van der Waals surface area contributed by atoms with Crippen molar-refractivity contribution in [2.45, 2.75) is 6.54 Å². The van der Waals surface area contributed by atoms with Gasteiger partial charge in [-0.2, -0.15) is 0 Å². The summed E-state index contributed by atoms with van der Waals surface area (Å²) in [7, 11) is 0. The van der Waals surface area contributed by atoms with Gasteiger partial charge in [0.1, 0.15) is 17.1 Å². The molecule has 0 saturated heterocycles. The number of phenols is 1. The van der Waals surface area contributed by atoms with Crippen LogP contribution in [0.1, 0.15) is 15.9 Å². The van der Waals surface area contributed by atoms with E-state index in [0.29, 0.717) is 12.2 Å². The van der Waals surface area contributed by atoms with E-state index in [1.807, 2.05) is 24.3 Å². The van der Waals surface area contributed by atoms with Crippen LogP contribution in [-0.2, 0) is 6.54 Å². The lowest BCUT2D eigenvalue weighted by Gasteiger charge is -2.09. The second kappa shape index (κ2) is 7.05. The summed E-state index contributed by atoms with van der Waals surface area (Å²) in [6, 6.07) is 18.5. The van der Waals surface area contributed by atoms with Gasteiger partial charge in [0, 0.05) is 12.2 Å². The number of hydrogen-bond donors (Lipinski definition) is 3. The van der Waals surface area contributed by atoms with E-state index in [2.05, 4.69) is 5.32 Å². The van der Waals surface area contributed by atoms with Crippen molar-refractivity contribution in [1.82, 2.24) is 0 Å². The van der Waals surface area contributed by atoms with Gasteiger partial charge in [-0.3, -0.25) is 0 Å². The van der Waals surface area contributed by atoms with Crippen molar-refractivity contribution in [3.05, 3.63) is 83.7 Å². The van der Waals surface area contributed by atoms with Crippen LogP contribution in [0.3, 0.4) is 0 Å². The first-order valence-corrected chi connectivity index (χ1v) is 7.68. The van der Waals surface area contributed by atoms with Crippen molar-refractivity contribution < 1.29 is 19.4 Å². The zero-order chi connectivity index (χ0) is 17.8. The van der Waals surface area contributed by atoms with E-state index < -0.39 is 5.97 Å². The largest absolute Gasteiger partial charge is 0.507 e. The summed E-state index contributed by atoms with van der Waals surface area (Å²) in [6.07, 6.45) is 0. The highest BCUT2D eigenvalue weighted by Crippen LogP contribution is 2.23. The number of aromatic carboxylic acids is 1. The van der Waals surface area contributed by atoms with E-state index in [0.717, 1.165) is 16.7 Å². The number of carboxylic acids is 1. The predicted octanol–water partition coefficient (Wildman–Crippen LogP) is 4.51. The number of hydrogen-bond acceptors (Lipinski definition) is 3. The molecule has 3 aromatic carbocycles. The molecule has 0 amide bonds. The Morgan fingerprint density at radius 3 is 2.12 bits per heavy atom. The number of carbonyl (C=O) groups is 1. The van der Waals surface area contributed by atoms with Crippen molar-refractivity contribution in [3.8, 4) is 16.9 Å². The van der Waals surface area contributed by atoms with Crippen LogP contribution in [0.4, 0.5) is 10.1 Å². The fraction of sp³-hybridized carbons (Fsp3) is 0.0500. The van der Waals surface area contributed by atoms with E-state index in [1.54, 1.807) is 18.2 Å². The first-order valence-electron chi connectivity index (χ1n) is 7.68. The molecule has 0 fully saturated rings. The second-order valence-corrected chi connectivity index (χ2v) is 5.59. The van der Waals surface area contributed by atoms with Crippen molar-refractivity contribution in [3.63, 3.8) is 0 Å². The number of anilines is 1. The minimum Gasteiger partial charge on any atom is -0.507 e. The van der Waals surface area contributed by atoms with Crippen LogP contribution in [0.5, 0.6) is 5.75 Å². The lowest BCUT2D eigenvalue weighted by Crippen LogP contribution is -2.02. The molecule has 0 aromatic heterocycles. The molecule has 126 valence electrons. The van der Waals surface area contributed by atoms with Crippen LogP contribution < -0.4 is 5.32 Å². The van der Waals surface area contributed by atoms with E-state index >= 15 is 0 Å². The molecule has 0 aliphatic rings. The Bertz CT molecular complexity index is 890. The summed E-state index contributed by atoms with van der Waals surface area (Å²) in [6.45, 7) is 0.507. The maximum atomic E-state index is 13.0. The molecule has 0 heterocycles. The highest BCUT2D eigenvalue weighted by Gasteiger charge is 2.10. The summed E-state index contributed by atoms with van der Waals surface area (Å²) in [5.74, 6) is -1.70. The van der Waals surface area contributed by atoms with Crippen LogP contribution in [0.25, 0.3) is 11.1 Å². The van der Waals surface area contributed by atoms with Gasteiger partial charge in [0.2, 0.25) is 0 Å². The molecular weight excluding hydrogens is 321 g/mol. The first kappa shape index (κ1) is 16.5. The SMILES string of the molecule is O=C(O)c1cc(NCc2ccc(-c3ccc(F)cc3)cc2)ccc1O. The fourth-order valence-electron chi connectivity index (χ4n) is 2.48. The van der Waals surface area contributed by atoms with Crippen molar-refractivity contribution in [2.75, 3.05) is 5.32 Å². The highest BCUT2D eigenvalue weighted by molar-refractivity contribution is 5.92. The number of halogens is 1. The molecule has 0 aliphatic carbocycles. The third-order valence-corrected chi connectivity index (χ3v) is 3.86. The summed E-state index contributed by atoms with van der Waals surface area (Å²) in [5, 5.41) is 21.7. The van der Waals surface area contributed by atoms with E-state index in [4.69, 9.17) is 5.11 Å². The lowest BCUT2D eigenvalue weighted by atomic mass is 10.0. The Kier molecular flexibility index (Phi) is 4.66. The maximum Gasteiger partial charge on any atom is 0.339 e. The molecule has 5 heteroatoms. The molecule has 0 aliphatic heterocycles. The summed E-state index contributed by atoms with van der Waals surface area (Å²) in [4.78, 5) is 11.0. The summed E-state index contributed by atoms with van der Waals surface area (Å²) in [5.41, 5.74) is 3.40. The van der Waals surface area contributed by atoms with Crippen LogP contribution in [0, 0.1) is 5.82 Å². The molecule has 25 heavy (non-hydrogen) atoms. The molecule has 0 spiro atoms. The van der Waals surface area contributed by atoms with Crippen molar-refractivity contribution in [2.24, 2.45) is 0 Å². The Hall–Kier alpha value is -3.34. The molecule has 0 saturated carbocycles. The highest BCUT2D eigenvalue weighted by atomic mass is 19.1. The molecule has 0 radical (unpaired) electrons. The number of nitrogens with one attached hydrogen (secondary N) is 1. The first-order chi connectivity index (χ1) is 12.0. The molecule has 4 nitrogen and oxygen atoms in total. The zero-order valence-electron chi connectivity index (χ0n) is 13.2. The number of aromatic hydroxyl groups is 1. The van der Waals surface area contributed by atoms with Gasteiger partial charge >= 0.3 is 5.97 Å². The quantitative estimate of drug-likeness (QED) is 0.599. The van der Waals surface area contributed by atoms with Gasteiger partial charge in [-0.05, 0) is 47.0 Å². The Labute approximate surface area is 144 Å². The minimum atomic E-state index is -1.18. The zero-order valence-corrected chi connectivity index (χ0v) is 13.2. The van der Waals surface area contributed by atoms with E-state index in [9.17, 15) is 14.3 Å². The third-order valence-electron chi connectivity index (χ3n) is 3.86. The van der Waals surface area contributed by atoms with Gasteiger partial charge in [0.25, 0.3) is 0 Å². The normalized spacial score (nSPS) is 10.4. The minimum absolute atomic E-state index is 0.142. The third kappa shape index (κ3) is 3.95. The van der Waals surface area contributed by atoms with Crippen LogP contribution in [-0.4, -0.2) is 16.2 Å². The van der Waals surface area contributed by atoms with E-state index in [-0.39, 0.29) is 17.1 Å². The predicted molar refractivity (Wildman–Crippen MR) is 94.2 cm³/mol. The standard InChI is InChI=1S/C20H16FNO3/c21-16-7-5-15(6-8-16)14-3-1-13(2-4-14)12-22-17-9-10-19(23)18(11-17)20(24)25/h1-11,22-23H,12H2,(H,24,25). The van der Waals surface area contributed by atoms with Gasteiger partial charge in [-0.15, -0.1) is 0 Å². The number of benzene rings is 3. The van der Waals surface area contributed by atoms with Crippen molar-refractivity contribution in [1.29, 1.82) is 0 Å². The molecule has 0 unspecified atom stereocenters. The maximum absolute atomic E-state index is 13.0. The fourth-order valence-corrected chi connectivity index (χ4v) is 2.48. The van der Waals surface area contributed by atoms with E-state index in [1.165, 1.54) is 24.3 Å². The topological polar surface area (TPSA) is 69.6 Å². The Balaban J connectivity index is 1.69. The molecule has 0 atom stereocenters. The molecule has 3 aromatic rings. The average molecular weight is 337 g/mol. The number of carboxylic acid groups (broad SMARTS) is 1. The van der Waals surface area contributed by atoms with Crippen LogP contribution >= 0.6 is 0 Å². The smallest absolute Gasteiger partial charge is 0.339 e. The van der Waals surface area contributed by atoms with Crippen LogP contribution in [0.15, 0.2) is 66.7 Å². The molecule has 3 rings (SSSR count). The average Bonchev–Trinajstić information content (AvgIpc) is 2.62. The number of rotatable bonds is 5. The molecule has 0 bridgehead atoms. The summed E-state index contributed by atoms with van der Waals surface area (Å²) < 4.78 is 13.0. The van der Waals surface area contributed by atoms with Gasteiger partial charge in [-0.25, -0.2) is 9.18 Å². The van der Waals surface area contributed by atoms with Gasteiger partial charge < -0.3 is 15.5 Å². The van der Waals surface area contributed by atoms with Crippen molar-refractivity contribution >= 4 is 11.7 Å². The Morgan fingerprint density at radius 1 is 0.920 bits per heavy atom. The van der Waals surface area contributed by atoms with Crippen LogP contribution in [0.2, 0.25) is 0 Å². The van der Waals surface area contributed by atoms with Gasteiger partial charge in [0.05, 0.1) is 0 Å². The van der Waals surface area contributed by atoms with Gasteiger partial charge in [0.15, 0.2) is 0 Å². The Morgan fingerprint density at radius 2 is 1.52 bits per heavy atom. The monoisotopic (exact) mass is 337 g/mol. The summed E-state index contributed by atoms with van der Waals surface area (Å²) >= 11 is 0. The lowest BCUT2D eigenvalue weighted by molar-refractivity contribution is 0.0694. The molecular formula is C20H16FNO3.